The molecule has 0 aliphatic carbocycles. The first-order valence-electron chi connectivity index (χ1n) is 5.43. The Morgan fingerprint density at radius 3 is 1.48 bits per heavy atom. The normalized spacial score (nSPS) is 11.1. The first kappa shape index (κ1) is 17.1. The van der Waals surface area contributed by atoms with Crippen LogP contribution in [0.3, 0.4) is 0 Å². The molecule has 0 amide bonds. The molecule has 0 spiro atoms. The predicted octanol–water partition coefficient (Wildman–Crippen LogP) is 1.80. The smallest absolute Gasteiger partial charge is 0.362 e. The molecule has 0 atom stereocenters. The maximum Gasteiger partial charge on any atom is 0.446 e. The summed E-state index contributed by atoms with van der Waals surface area (Å²) in [5, 5.41) is 0. The zero-order valence-corrected chi connectivity index (χ0v) is 12.2. The number of para-hydroxylation sites is 1. The van der Waals surface area contributed by atoms with E-state index in [2.05, 4.69) is 4.18 Å². The summed E-state index contributed by atoms with van der Waals surface area (Å²) < 4.78 is 61.9. The van der Waals surface area contributed by atoms with Crippen LogP contribution in [0.1, 0.15) is 0 Å². The minimum absolute atomic E-state index is 0.0741. The van der Waals surface area contributed by atoms with Crippen LogP contribution in [-0.4, -0.2) is 25.9 Å². The van der Waals surface area contributed by atoms with Gasteiger partial charge in [-0.3, -0.25) is 9.11 Å². The van der Waals surface area contributed by atoms with E-state index in [1.165, 1.54) is 24.3 Å². The van der Waals surface area contributed by atoms with Gasteiger partial charge in [0.05, 0.1) is 4.90 Å². The van der Waals surface area contributed by atoms with E-state index in [1.54, 1.807) is 36.4 Å². The Morgan fingerprint density at radius 2 is 1.14 bits per heavy atom. The zero-order chi connectivity index (χ0) is 15.9. The van der Waals surface area contributed by atoms with Crippen molar-refractivity contribution in [3.8, 4) is 5.75 Å². The second kappa shape index (κ2) is 7.18. The molecule has 21 heavy (non-hydrogen) atoms. The lowest BCUT2D eigenvalue weighted by molar-refractivity contribution is 0.387. The average molecular weight is 332 g/mol. The second-order valence-corrected chi connectivity index (χ2v) is 6.06. The summed E-state index contributed by atoms with van der Waals surface area (Å²) in [6.07, 6.45) is 0. The highest BCUT2D eigenvalue weighted by Crippen LogP contribution is 2.09. The fourth-order valence-corrected chi connectivity index (χ4v) is 2.05. The van der Waals surface area contributed by atoms with Crippen molar-refractivity contribution in [2.24, 2.45) is 0 Å². The molecule has 2 aromatic carbocycles. The lowest BCUT2D eigenvalue weighted by atomic mass is 10.3. The van der Waals surface area contributed by atoms with Gasteiger partial charge < -0.3 is 4.18 Å². The quantitative estimate of drug-likeness (QED) is 0.823. The van der Waals surface area contributed by atoms with E-state index >= 15 is 0 Å². The van der Waals surface area contributed by atoms with Crippen LogP contribution in [0.15, 0.2) is 65.6 Å². The molecule has 0 radical (unpaired) electrons. The van der Waals surface area contributed by atoms with Crippen LogP contribution >= 0.6 is 0 Å². The summed E-state index contributed by atoms with van der Waals surface area (Å²) in [7, 11) is -8.38. The SMILES string of the molecule is O=S(=O)(O)Oc1ccccc1.O=S(=O)(O)c1ccccc1. The topological polar surface area (TPSA) is 118 Å². The van der Waals surface area contributed by atoms with Gasteiger partial charge in [0, 0.05) is 0 Å². The molecule has 0 heterocycles. The largest absolute Gasteiger partial charge is 0.446 e. The maximum atomic E-state index is 10.4. The lowest BCUT2D eigenvalue weighted by Crippen LogP contribution is -2.06. The van der Waals surface area contributed by atoms with E-state index in [4.69, 9.17) is 9.11 Å². The van der Waals surface area contributed by atoms with Gasteiger partial charge in [-0.1, -0.05) is 36.4 Å². The summed E-state index contributed by atoms with van der Waals surface area (Å²) in [4.78, 5) is -0.0741. The Hall–Kier alpha value is -1.94. The molecule has 0 aliphatic heterocycles. The molecule has 0 aromatic heterocycles. The molecule has 2 rings (SSSR count). The highest BCUT2D eigenvalue weighted by Gasteiger charge is 2.06. The van der Waals surface area contributed by atoms with Crippen LogP contribution in [-0.2, 0) is 20.5 Å². The third kappa shape index (κ3) is 7.42. The monoisotopic (exact) mass is 332 g/mol. The van der Waals surface area contributed by atoms with Gasteiger partial charge in [0.25, 0.3) is 10.1 Å². The van der Waals surface area contributed by atoms with Gasteiger partial charge in [-0.15, -0.1) is 0 Å². The summed E-state index contributed by atoms with van der Waals surface area (Å²) in [6, 6.07) is 15.2. The highest BCUT2D eigenvalue weighted by atomic mass is 32.3. The molecule has 0 aliphatic rings. The summed E-state index contributed by atoms with van der Waals surface area (Å²) in [6.45, 7) is 0. The van der Waals surface area contributed by atoms with Crippen molar-refractivity contribution in [3.05, 3.63) is 60.7 Å². The molecule has 0 bridgehead atoms. The van der Waals surface area contributed by atoms with Gasteiger partial charge in [0.2, 0.25) is 0 Å². The van der Waals surface area contributed by atoms with Gasteiger partial charge in [-0.05, 0) is 24.3 Å². The fourth-order valence-electron chi connectivity index (χ4n) is 1.19. The van der Waals surface area contributed by atoms with Crippen molar-refractivity contribution >= 4 is 20.5 Å². The Kier molecular flexibility index (Phi) is 5.85. The molecule has 0 fully saturated rings. The van der Waals surface area contributed by atoms with Crippen LogP contribution < -0.4 is 4.18 Å². The number of hydrogen-bond acceptors (Lipinski definition) is 5. The van der Waals surface area contributed by atoms with Gasteiger partial charge in [-0.2, -0.15) is 16.8 Å². The van der Waals surface area contributed by atoms with Crippen LogP contribution in [0.4, 0.5) is 0 Å². The number of rotatable bonds is 3. The second-order valence-electron chi connectivity index (χ2n) is 3.61. The van der Waals surface area contributed by atoms with Crippen LogP contribution in [0.25, 0.3) is 0 Å². The highest BCUT2D eigenvalue weighted by molar-refractivity contribution is 7.85. The Morgan fingerprint density at radius 1 is 0.714 bits per heavy atom. The Bertz CT molecular complexity index is 754. The Labute approximate surface area is 122 Å². The molecule has 0 saturated heterocycles. The first-order valence-corrected chi connectivity index (χ1v) is 8.23. The van der Waals surface area contributed by atoms with Crippen molar-refractivity contribution in [2.75, 3.05) is 0 Å². The standard InChI is InChI=1S/C6H6O4S.C6H6O3S/c7-11(8,9)10-6-4-2-1-3-5-6;7-10(8,9)6-4-2-1-3-5-6/h1-5H,(H,7,8,9);1-5H,(H,7,8,9). The molecular weight excluding hydrogens is 320 g/mol. The van der Waals surface area contributed by atoms with E-state index in [0.29, 0.717) is 0 Å². The number of hydrogen-bond donors (Lipinski definition) is 2. The molecule has 0 saturated carbocycles. The summed E-state index contributed by atoms with van der Waals surface area (Å²) in [5.74, 6) is 0.0926. The minimum atomic E-state index is -4.38. The van der Waals surface area contributed by atoms with E-state index in [0.717, 1.165) is 0 Å². The van der Waals surface area contributed by atoms with Crippen LogP contribution in [0.2, 0.25) is 0 Å². The maximum absolute atomic E-state index is 10.4. The number of benzene rings is 2. The minimum Gasteiger partial charge on any atom is -0.362 e. The molecule has 7 nitrogen and oxygen atoms in total. The summed E-state index contributed by atoms with van der Waals surface area (Å²) in [5.41, 5.74) is 0. The lowest BCUT2D eigenvalue weighted by Gasteiger charge is -1.98. The molecular formula is C12H12O7S2. The Balaban J connectivity index is 0.000000211. The third-order valence-corrected chi connectivity index (χ3v) is 3.26. The predicted molar refractivity (Wildman–Crippen MR) is 74.9 cm³/mol. The van der Waals surface area contributed by atoms with E-state index < -0.39 is 20.5 Å². The van der Waals surface area contributed by atoms with E-state index in [1.807, 2.05) is 0 Å². The zero-order valence-electron chi connectivity index (χ0n) is 10.5. The summed E-state index contributed by atoms with van der Waals surface area (Å²) >= 11 is 0. The fraction of sp³-hybridized carbons (Fsp3) is 0. The van der Waals surface area contributed by atoms with Gasteiger partial charge in [-0.25, -0.2) is 0 Å². The third-order valence-electron chi connectivity index (χ3n) is 1.99. The molecule has 9 heteroatoms. The van der Waals surface area contributed by atoms with Crippen molar-refractivity contribution in [1.29, 1.82) is 0 Å². The van der Waals surface area contributed by atoms with Gasteiger partial charge >= 0.3 is 10.4 Å². The van der Waals surface area contributed by atoms with E-state index in [9.17, 15) is 16.8 Å². The average Bonchev–Trinajstić information content (AvgIpc) is 2.39. The molecule has 114 valence electrons. The van der Waals surface area contributed by atoms with Crippen molar-refractivity contribution in [1.82, 2.24) is 0 Å². The molecule has 2 aromatic rings. The van der Waals surface area contributed by atoms with Crippen molar-refractivity contribution in [2.45, 2.75) is 4.90 Å². The van der Waals surface area contributed by atoms with E-state index in [-0.39, 0.29) is 10.6 Å². The van der Waals surface area contributed by atoms with Gasteiger partial charge in [0.15, 0.2) is 0 Å². The molecule has 0 unspecified atom stereocenters. The van der Waals surface area contributed by atoms with Gasteiger partial charge in [0.1, 0.15) is 5.75 Å². The first-order chi connectivity index (χ1) is 9.68. The van der Waals surface area contributed by atoms with Crippen LogP contribution in [0, 0.1) is 0 Å². The van der Waals surface area contributed by atoms with Crippen molar-refractivity contribution in [3.63, 3.8) is 0 Å². The molecule has 2 N–H and O–H groups in total. The van der Waals surface area contributed by atoms with Crippen molar-refractivity contribution < 1.29 is 30.1 Å². The van der Waals surface area contributed by atoms with Crippen LogP contribution in [0.5, 0.6) is 5.75 Å².